The molecule has 0 radical (unpaired) electrons. The van der Waals surface area contributed by atoms with E-state index in [4.69, 9.17) is 34.0 Å². The average Bonchev–Trinajstić information content (AvgIpc) is 2.56. The van der Waals surface area contributed by atoms with Gasteiger partial charge < -0.3 is 15.9 Å². The smallest absolute Gasteiger partial charge is 0.339 e. The van der Waals surface area contributed by atoms with Crippen molar-refractivity contribution in [1.82, 2.24) is 9.97 Å². The maximum atomic E-state index is 11.1. The van der Waals surface area contributed by atoms with E-state index in [1.54, 1.807) is 18.2 Å². The third kappa shape index (κ3) is 3.44. The molecule has 0 saturated carbocycles. The maximum Gasteiger partial charge on any atom is 0.339 e. The molecule has 0 aliphatic rings. The SMILES string of the molecule is Nc1cc(N=Nc2ccc3nc(Cl)c(Cl)nc3c2)c(O)c(C(=O)O)c1. The number of carboxylic acids is 1. The van der Waals surface area contributed by atoms with Crippen LogP contribution in [0, 0.1) is 0 Å². The molecule has 4 N–H and O–H groups in total. The molecule has 1 aromatic heterocycles. The van der Waals surface area contributed by atoms with Gasteiger partial charge in [0, 0.05) is 5.69 Å². The molecule has 0 bridgehead atoms. The zero-order valence-electron chi connectivity index (χ0n) is 12.3. The number of benzene rings is 2. The van der Waals surface area contributed by atoms with Crippen LogP contribution in [0.3, 0.4) is 0 Å². The fraction of sp³-hybridized carbons (Fsp3) is 0. The molecule has 0 atom stereocenters. The van der Waals surface area contributed by atoms with Crippen LogP contribution in [0.5, 0.6) is 5.75 Å². The van der Waals surface area contributed by atoms with Gasteiger partial charge in [-0.15, -0.1) is 5.11 Å². The van der Waals surface area contributed by atoms with Crippen LogP contribution < -0.4 is 5.73 Å². The second kappa shape index (κ2) is 6.50. The minimum Gasteiger partial charge on any atom is -0.505 e. The van der Waals surface area contributed by atoms with Gasteiger partial charge in [0.2, 0.25) is 0 Å². The van der Waals surface area contributed by atoms with Gasteiger partial charge in [-0.25, -0.2) is 14.8 Å². The van der Waals surface area contributed by atoms with Crippen molar-refractivity contribution in [3.8, 4) is 5.75 Å². The molecule has 25 heavy (non-hydrogen) atoms. The summed E-state index contributed by atoms with van der Waals surface area (Å²) in [7, 11) is 0. The van der Waals surface area contributed by atoms with Crippen LogP contribution in [0.15, 0.2) is 40.6 Å². The largest absolute Gasteiger partial charge is 0.505 e. The number of aromatic hydroxyl groups is 1. The molecule has 0 saturated heterocycles. The molecule has 2 aromatic carbocycles. The van der Waals surface area contributed by atoms with Crippen LogP contribution >= 0.6 is 23.2 Å². The number of azo groups is 1. The number of carbonyl (C=O) groups is 1. The van der Waals surface area contributed by atoms with E-state index in [1.165, 1.54) is 6.07 Å². The molecule has 0 fully saturated rings. The lowest BCUT2D eigenvalue weighted by Crippen LogP contribution is -1.98. The second-order valence-electron chi connectivity index (χ2n) is 4.92. The summed E-state index contributed by atoms with van der Waals surface area (Å²) < 4.78 is 0. The van der Waals surface area contributed by atoms with E-state index in [-0.39, 0.29) is 27.2 Å². The lowest BCUT2D eigenvalue weighted by molar-refractivity contribution is 0.0694. The van der Waals surface area contributed by atoms with Gasteiger partial charge >= 0.3 is 5.97 Å². The number of nitrogens with zero attached hydrogens (tertiary/aromatic N) is 4. The zero-order valence-corrected chi connectivity index (χ0v) is 13.8. The van der Waals surface area contributed by atoms with Crippen molar-refractivity contribution < 1.29 is 15.0 Å². The maximum absolute atomic E-state index is 11.1. The number of hydrogen-bond donors (Lipinski definition) is 3. The van der Waals surface area contributed by atoms with Crippen LogP contribution in [-0.2, 0) is 0 Å². The Labute approximate surface area is 150 Å². The lowest BCUT2D eigenvalue weighted by atomic mass is 10.1. The van der Waals surface area contributed by atoms with Gasteiger partial charge in [-0.05, 0) is 30.3 Å². The summed E-state index contributed by atoms with van der Waals surface area (Å²) >= 11 is 11.6. The van der Waals surface area contributed by atoms with Gasteiger partial charge in [0.25, 0.3) is 0 Å². The highest BCUT2D eigenvalue weighted by atomic mass is 35.5. The molecule has 126 valence electrons. The molecule has 3 aromatic rings. The van der Waals surface area contributed by atoms with Crippen molar-refractivity contribution in [2.24, 2.45) is 10.2 Å². The van der Waals surface area contributed by atoms with Crippen molar-refractivity contribution in [2.75, 3.05) is 5.73 Å². The van der Waals surface area contributed by atoms with Gasteiger partial charge in [0.15, 0.2) is 16.1 Å². The predicted octanol–water partition coefficient (Wildman–Crippen LogP) is 4.34. The van der Waals surface area contributed by atoms with Crippen LogP contribution in [0.25, 0.3) is 11.0 Å². The Bertz CT molecular complexity index is 1040. The molecule has 0 aliphatic heterocycles. The van der Waals surface area contributed by atoms with E-state index >= 15 is 0 Å². The van der Waals surface area contributed by atoms with Crippen molar-refractivity contribution in [3.05, 3.63) is 46.2 Å². The highest BCUT2D eigenvalue weighted by molar-refractivity contribution is 6.40. The van der Waals surface area contributed by atoms with Gasteiger partial charge in [-0.2, -0.15) is 5.11 Å². The molecule has 0 aliphatic carbocycles. The molecule has 8 nitrogen and oxygen atoms in total. The van der Waals surface area contributed by atoms with Gasteiger partial charge in [-0.3, -0.25) is 0 Å². The van der Waals surface area contributed by atoms with E-state index in [9.17, 15) is 9.90 Å². The number of halogens is 2. The second-order valence-corrected chi connectivity index (χ2v) is 5.64. The minimum absolute atomic E-state index is 0.0582. The number of phenols is 1. The van der Waals surface area contributed by atoms with Crippen LogP contribution in [-0.4, -0.2) is 26.2 Å². The average molecular weight is 378 g/mol. The molecular weight excluding hydrogens is 369 g/mol. The fourth-order valence-corrected chi connectivity index (χ4v) is 2.32. The van der Waals surface area contributed by atoms with Crippen molar-refractivity contribution in [1.29, 1.82) is 0 Å². The number of aromatic carboxylic acids is 1. The van der Waals surface area contributed by atoms with Crippen LogP contribution in [0.1, 0.15) is 10.4 Å². The molecule has 0 amide bonds. The summed E-state index contributed by atoms with van der Waals surface area (Å²) in [5.41, 5.74) is 6.68. The Balaban J connectivity index is 2.01. The quantitative estimate of drug-likeness (QED) is 0.353. The normalized spacial score (nSPS) is 11.3. The Morgan fingerprint density at radius 1 is 1.04 bits per heavy atom. The van der Waals surface area contributed by atoms with E-state index in [1.807, 2.05) is 0 Å². The van der Waals surface area contributed by atoms with Gasteiger partial charge in [0.1, 0.15) is 11.3 Å². The first-order valence-electron chi connectivity index (χ1n) is 6.75. The van der Waals surface area contributed by atoms with E-state index in [0.717, 1.165) is 6.07 Å². The Morgan fingerprint density at radius 2 is 1.72 bits per heavy atom. The summed E-state index contributed by atoms with van der Waals surface area (Å²) in [6.45, 7) is 0. The number of aromatic nitrogens is 2. The number of fused-ring (bicyclic) bond motifs is 1. The molecule has 0 unspecified atom stereocenters. The summed E-state index contributed by atoms with van der Waals surface area (Å²) in [5.74, 6) is -1.85. The predicted molar refractivity (Wildman–Crippen MR) is 93.2 cm³/mol. The van der Waals surface area contributed by atoms with E-state index in [2.05, 4.69) is 20.2 Å². The molecular formula is C15H9Cl2N5O3. The summed E-state index contributed by atoms with van der Waals surface area (Å²) in [6, 6.07) is 7.24. The van der Waals surface area contributed by atoms with Gasteiger partial charge in [-0.1, -0.05) is 23.2 Å². The third-order valence-corrected chi connectivity index (χ3v) is 3.81. The number of hydrogen-bond acceptors (Lipinski definition) is 7. The standard InChI is InChI=1S/C15H9Cl2N5O3/c16-13-14(17)20-10-5-7(1-2-9(10)19-13)21-22-11-4-6(18)3-8(12(11)23)15(24)25/h1-5,23H,18H2,(H,24,25). The zero-order chi connectivity index (χ0) is 18.1. The summed E-state index contributed by atoms with van der Waals surface area (Å²) in [4.78, 5) is 19.2. The Hall–Kier alpha value is -2.97. The highest BCUT2D eigenvalue weighted by Gasteiger charge is 2.15. The topological polar surface area (TPSA) is 134 Å². The van der Waals surface area contributed by atoms with Crippen LogP contribution in [0.4, 0.5) is 17.1 Å². The Morgan fingerprint density at radius 3 is 2.40 bits per heavy atom. The number of nitrogen functional groups attached to an aromatic ring is 1. The number of rotatable bonds is 3. The third-order valence-electron chi connectivity index (χ3n) is 3.18. The Kier molecular flexibility index (Phi) is 4.39. The number of carboxylic acid groups (broad SMARTS) is 1. The van der Waals surface area contributed by atoms with Crippen molar-refractivity contribution >= 4 is 57.3 Å². The number of nitrogens with two attached hydrogens (primary N) is 1. The first-order chi connectivity index (χ1) is 11.8. The minimum atomic E-state index is -1.33. The first-order valence-corrected chi connectivity index (χ1v) is 7.51. The molecule has 0 spiro atoms. The van der Waals surface area contributed by atoms with Crippen LogP contribution in [0.2, 0.25) is 10.3 Å². The monoisotopic (exact) mass is 377 g/mol. The van der Waals surface area contributed by atoms with Crippen molar-refractivity contribution in [3.63, 3.8) is 0 Å². The van der Waals surface area contributed by atoms with E-state index < -0.39 is 11.7 Å². The summed E-state index contributed by atoms with van der Waals surface area (Å²) in [6.07, 6.45) is 0. The summed E-state index contributed by atoms with van der Waals surface area (Å²) in [5, 5.41) is 27.0. The highest BCUT2D eigenvalue weighted by Crippen LogP contribution is 2.34. The molecule has 1 heterocycles. The van der Waals surface area contributed by atoms with Crippen molar-refractivity contribution in [2.45, 2.75) is 0 Å². The fourth-order valence-electron chi connectivity index (χ4n) is 2.05. The van der Waals surface area contributed by atoms with E-state index in [0.29, 0.717) is 16.7 Å². The molecule has 10 heteroatoms. The number of anilines is 1. The van der Waals surface area contributed by atoms with Gasteiger partial charge in [0.05, 0.1) is 16.7 Å². The lowest BCUT2D eigenvalue weighted by Gasteiger charge is -2.04. The first kappa shape index (κ1) is 16.9. The molecule has 3 rings (SSSR count).